The van der Waals surface area contributed by atoms with Crippen LogP contribution in [-0.4, -0.2) is 28.8 Å². The largest absolute Gasteiger partial charge is 0.307 e. The van der Waals surface area contributed by atoms with Crippen molar-refractivity contribution in [2.45, 2.75) is 13.1 Å². The average Bonchev–Trinajstić information content (AvgIpc) is 3.25. The van der Waals surface area contributed by atoms with Gasteiger partial charge in [0.15, 0.2) is 0 Å². The summed E-state index contributed by atoms with van der Waals surface area (Å²) in [7, 11) is -3.80. The molecule has 3 aromatic rings. The molecule has 0 spiro atoms. The van der Waals surface area contributed by atoms with E-state index in [9.17, 15) is 13.2 Å². The molecule has 0 saturated heterocycles. The summed E-state index contributed by atoms with van der Waals surface area (Å²) in [6, 6.07) is 17.1. The number of carbonyl (C=O) groups is 1. The van der Waals surface area contributed by atoms with Gasteiger partial charge in [-0.15, -0.1) is 0 Å². The van der Waals surface area contributed by atoms with Crippen LogP contribution in [0.15, 0.2) is 54.6 Å². The minimum absolute atomic E-state index is 0.0766. The zero-order valence-electron chi connectivity index (χ0n) is 14.2. The highest BCUT2D eigenvalue weighted by Crippen LogP contribution is 2.28. The van der Waals surface area contributed by atoms with Crippen LogP contribution in [0.2, 0.25) is 0 Å². The smallest absolute Gasteiger partial charge is 0.277 e. The van der Waals surface area contributed by atoms with Crippen LogP contribution in [0.3, 0.4) is 0 Å². The third-order valence-electron chi connectivity index (χ3n) is 4.47. The van der Waals surface area contributed by atoms with Gasteiger partial charge in [0.25, 0.3) is 16.1 Å². The van der Waals surface area contributed by atoms with E-state index in [1.54, 1.807) is 12.1 Å². The van der Waals surface area contributed by atoms with E-state index in [0.717, 1.165) is 15.4 Å². The molecule has 1 aliphatic rings. The molecular weight excluding hydrogens is 366 g/mol. The van der Waals surface area contributed by atoms with Gasteiger partial charge < -0.3 is 5.32 Å². The van der Waals surface area contributed by atoms with Gasteiger partial charge in [0.05, 0.1) is 12.2 Å². The van der Waals surface area contributed by atoms with Crippen molar-refractivity contribution in [3.05, 3.63) is 71.4 Å². The number of nitrogens with two attached hydrogens (primary N) is 1. The number of aromatic nitrogens is 2. The summed E-state index contributed by atoms with van der Waals surface area (Å²) in [5.41, 5.74) is 3.74. The number of fused-ring (bicyclic) bond motifs is 1. The van der Waals surface area contributed by atoms with E-state index in [0.29, 0.717) is 22.6 Å². The van der Waals surface area contributed by atoms with Crippen molar-refractivity contribution in [1.29, 1.82) is 0 Å². The second kappa shape index (κ2) is 6.62. The number of benzene rings is 2. The Hall–Kier alpha value is -3.01. The predicted octanol–water partition coefficient (Wildman–Crippen LogP) is 1.85. The normalized spacial score (nSPS) is 14.1. The maximum atomic E-state index is 12.5. The summed E-state index contributed by atoms with van der Waals surface area (Å²) in [6.45, 7) is 0.166. The number of carbonyl (C=O) groups excluding carboxylic acids is 1. The molecule has 0 radical (unpaired) electrons. The first-order chi connectivity index (χ1) is 12.9. The van der Waals surface area contributed by atoms with E-state index in [1.807, 2.05) is 42.5 Å². The van der Waals surface area contributed by atoms with Crippen LogP contribution in [0.4, 0.5) is 5.82 Å². The molecular formula is C18H17N5O3S. The van der Waals surface area contributed by atoms with Crippen LogP contribution in [0.25, 0.3) is 11.1 Å². The highest BCUT2D eigenvalue weighted by molar-refractivity contribution is 7.86. The first-order valence-electron chi connectivity index (χ1n) is 8.22. The lowest BCUT2D eigenvalue weighted by Crippen LogP contribution is -2.32. The summed E-state index contributed by atoms with van der Waals surface area (Å²) < 4.78 is 24.1. The molecule has 2 aromatic carbocycles. The van der Waals surface area contributed by atoms with Gasteiger partial charge in [0, 0.05) is 17.7 Å². The van der Waals surface area contributed by atoms with Gasteiger partial charge in [-0.1, -0.05) is 42.5 Å². The van der Waals surface area contributed by atoms with E-state index in [-0.39, 0.29) is 19.0 Å². The van der Waals surface area contributed by atoms with Crippen LogP contribution in [0.1, 0.15) is 21.6 Å². The minimum Gasteiger partial charge on any atom is -0.307 e. The molecule has 4 N–H and O–H groups in total. The third-order valence-corrected chi connectivity index (χ3v) is 5.44. The van der Waals surface area contributed by atoms with Gasteiger partial charge in [-0.05, 0) is 23.3 Å². The quantitative estimate of drug-likeness (QED) is 0.636. The van der Waals surface area contributed by atoms with Gasteiger partial charge >= 0.3 is 0 Å². The molecule has 0 aliphatic carbocycles. The van der Waals surface area contributed by atoms with Crippen molar-refractivity contribution < 1.29 is 13.2 Å². The zero-order valence-corrected chi connectivity index (χ0v) is 15.0. The van der Waals surface area contributed by atoms with Gasteiger partial charge in [-0.25, -0.2) is 5.14 Å². The summed E-state index contributed by atoms with van der Waals surface area (Å²) in [6.07, 6.45) is 0. The zero-order chi connectivity index (χ0) is 19.0. The molecule has 0 atom stereocenters. The topological polar surface area (TPSA) is 121 Å². The lowest BCUT2D eigenvalue weighted by Gasteiger charge is -2.11. The van der Waals surface area contributed by atoms with Crippen molar-refractivity contribution in [3.63, 3.8) is 0 Å². The number of amides is 1. The van der Waals surface area contributed by atoms with Crippen molar-refractivity contribution in [3.8, 4) is 11.1 Å². The molecule has 1 aromatic heterocycles. The molecule has 0 unspecified atom stereocenters. The van der Waals surface area contributed by atoms with E-state index >= 15 is 0 Å². The Kier molecular flexibility index (Phi) is 4.27. The Labute approximate surface area is 156 Å². The highest BCUT2D eigenvalue weighted by Gasteiger charge is 2.31. The maximum Gasteiger partial charge on any atom is 0.277 e. The number of hydrogen-bond donors (Lipinski definition) is 3. The number of nitrogens with zero attached hydrogens (tertiary/aromatic N) is 2. The fraction of sp³-hybridized carbons (Fsp3) is 0.111. The molecule has 0 bridgehead atoms. The fourth-order valence-electron chi connectivity index (χ4n) is 3.02. The van der Waals surface area contributed by atoms with Gasteiger partial charge in [-0.2, -0.15) is 17.8 Å². The number of H-pyrrole nitrogens is 1. The SMILES string of the molecule is NS(=O)(=O)N1Cc2n[nH]c(NC(=O)c3ccc(-c4ccccc4)cc3)c2C1. The molecule has 9 heteroatoms. The first kappa shape index (κ1) is 17.4. The Bertz CT molecular complexity index is 1090. The Morgan fingerprint density at radius 1 is 1.04 bits per heavy atom. The number of rotatable bonds is 4. The molecule has 1 amide bonds. The molecule has 2 heterocycles. The molecule has 0 saturated carbocycles. The molecule has 27 heavy (non-hydrogen) atoms. The van der Waals surface area contributed by atoms with Crippen molar-refractivity contribution in [2.24, 2.45) is 5.14 Å². The van der Waals surface area contributed by atoms with Crippen LogP contribution in [0.5, 0.6) is 0 Å². The van der Waals surface area contributed by atoms with E-state index in [2.05, 4.69) is 15.5 Å². The molecule has 138 valence electrons. The van der Waals surface area contributed by atoms with Gasteiger partial charge in [0.1, 0.15) is 5.82 Å². The second-order valence-corrected chi connectivity index (χ2v) is 7.78. The molecule has 1 aliphatic heterocycles. The number of nitrogens with one attached hydrogen (secondary N) is 2. The maximum absolute atomic E-state index is 12.5. The second-order valence-electron chi connectivity index (χ2n) is 6.23. The van der Waals surface area contributed by atoms with E-state index < -0.39 is 10.2 Å². The average molecular weight is 383 g/mol. The van der Waals surface area contributed by atoms with Crippen LogP contribution >= 0.6 is 0 Å². The van der Waals surface area contributed by atoms with Crippen molar-refractivity contribution >= 4 is 21.9 Å². The Balaban J connectivity index is 1.50. The molecule has 4 rings (SSSR count). The number of anilines is 1. The van der Waals surface area contributed by atoms with E-state index in [1.165, 1.54) is 0 Å². The van der Waals surface area contributed by atoms with Crippen LogP contribution < -0.4 is 10.5 Å². The van der Waals surface area contributed by atoms with E-state index in [4.69, 9.17) is 5.14 Å². The standard InChI is InChI=1S/C18H17N5O3S/c19-27(25,26)23-10-15-16(11-23)21-22-17(15)20-18(24)14-8-6-13(7-9-14)12-4-2-1-3-5-12/h1-9H,10-11H2,(H2,19,25,26)(H2,20,21,22,24). The predicted molar refractivity (Wildman–Crippen MR) is 101 cm³/mol. The molecule has 0 fully saturated rings. The summed E-state index contributed by atoms with van der Waals surface area (Å²) in [5.74, 6) is 0.0726. The lowest BCUT2D eigenvalue weighted by molar-refractivity contribution is 0.102. The van der Waals surface area contributed by atoms with Gasteiger partial charge in [0.2, 0.25) is 0 Å². The minimum atomic E-state index is -3.80. The first-order valence-corrected chi connectivity index (χ1v) is 9.73. The van der Waals surface area contributed by atoms with Crippen LogP contribution in [0, 0.1) is 0 Å². The van der Waals surface area contributed by atoms with Gasteiger partial charge in [-0.3, -0.25) is 9.89 Å². The summed E-state index contributed by atoms with van der Waals surface area (Å²) in [5, 5.41) is 14.7. The van der Waals surface area contributed by atoms with Crippen molar-refractivity contribution in [1.82, 2.24) is 14.5 Å². The van der Waals surface area contributed by atoms with Crippen molar-refractivity contribution in [2.75, 3.05) is 5.32 Å². The summed E-state index contributed by atoms with van der Waals surface area (Å²) >= 11 is 0. The third kappa shape index (κ3) is 3.47. The monoisotopic (exact) mass is 383 g/mol. The fourth-order valence-corrected chi connectivity index (χ4v) is 3.63. The Morgan fingerprint density at radius 2 is 1.70 bits per heavy atom. The Morgan fingerprint density at radius 3 is 2.37 bits per heavy atom. The highest BCUT2D eigenvalue weighted by atomic mass is 32.2. The number of hydrogen-bond acceptors (Lipinski definition) is 4. The lowest BCUT2D eigenvalue weighted by atomic mass is 10.0. The number of aromatic amines is 1. The summed E-state index contributed by atoms with van der Waals surface area (Å²) in [4.78, 5) is 12.5. The van der Waals surface area contributed by atoms with Crippen LogP contribution in [-0.2, 0) is 23.3 Å². The molecule has 8 nitrogen and oxygen atoms in total.